The molecule has 1 aliphatic rings. The van der Waals surface area contributed by atoms with Crippen LogP contribution in [0.5, 0.6) is 5.75 Å². The van der Waals surface area contributed by atoms with Crippen molar-refractivity contribution in [3.05, 3.63) is 36.3 Å². The molecule has 1 saturated carbocycles. The third-order valence-electron chi connectivity index (χ3n) is 6.68. The molecular formula is C26H32N4O2. The molecule has 168 valence electrons. The van der Waals surface area contributed by atoms with Crippen LogP contribution in [0.1, 0.15) is 83.5 Å². The Bertz CT molecular complexity index is 1260. The molecule has 1 fully saturated rings. The van der Waals surface area contributed by atoms with Crippen LogP contribution in [-0.2, 0) is 11.2 Å². The molecule has 0 atom stereocenters. The fourth-order valence-electron chi connectivity index (χ4n) is 4.98. The number of carbonyl (C=O) groups excluding carboxylic acids is 1. The van der Waals surface area contributed by atoms with E-state index in [0.717, 1.165) is 78.5 Å². The maximum Gasteiger partial charge on any atom is 0.311 e. The van der Waals surface area contributed by atoms with E-state index in [9.17, 15) is 4.79 Å². The van der Waals surface area contributed by atoms with Gasteiger partial charge in [-0.05, 0) is 37.8 Å². The molecule has 0 amide bonds. The number of fused-ring (bicyclic) bond motifs is 5. The van der Waals surface area contributed by atoms with E-state index in [1.807, 2.05) is 24.4 Å². The highest BCUT2D eigenvalue weighted by Gasteiger charge is 2.26. The number of aryl methyl sites for hydroxylation is 1. The number of aromatic nitrogens is 4. The number of hydrogen-bond acceptors (Lipinski definition) is 4. The van der Waals surface area contributed by atoms with Gasteiger partial charge in [-0.25, -0.2) is 9.97 Å². The summed E-state index contributed by atoms with van der Waals surface area (Å²) in [5, 5.41) is 0.859. The molecule has 0 unspecified atom stereocenters. The molecule has 32 heavy (non-hydrogen) atoms. The number of ether oxygens (including phenoxy) is 1. The van der Waals surface area contributed by atoms with Crippen LogP contribution in [0.15, 0.2) is 30.5 Å². The molecular weight excluding hydrogens is 400 g/mol. The first-order valence-corrected chi connectivity index (χ1v) is 12.2. The minimum Gasteiger partial charge on any atom is -0.424 e. The normalized spacial score (nSPS) is 14.8. The van der Waals surface area contributed by atoms with Gasteiger partial charge in [0.1, 0.15) is 16.9 Å². The Hall–Kier alpha value is -2.89. The van der Waals surface area contributed by atoms with Gasteiger partial charge in [0.05, 0.1) is 11.0 Å². The lowest BCUT2D eigenvalue weighted by molar-refractivity contribution is -0.134. The molecule has 1 aliphatic carbocycles. The lowest BCUT2D eigenvalue weighted by Crippen LogP contribution is -2.08. The van der Waals surface area contributed by atoms with Gasteiger partial charge >= 0.3 is 5.97 Å². The number of esters is 1. The number of unbranched alkanes of at least 4 members (excludes halogenated alkanes) is 2. The summed E-state index contributed by atoms with van der Waals surface area (Å²) in [5.41, 5.74) is 3.75. The fraction of sp³-hybridized carbons (Fsp3) is 0.500. The minimum absolute atomic E-state index is 0.179. The van der Waals surface area contributed by atoms with Crippen LogP contribution in [0, 0.1) is 0 Å². The highest BCUT2D eigenvalue weighted by Crippen LogP contribution is 2.39. The predicted octanol–water partition coefficient (Wildman–Crippen LogP) is 6.39. The molecule has 0 saturated heterocycles. The molecule has 0 radical (unpaired) electrons. The summed E-state index contributed by atoms with van der Waals surface area (Å²) in [6.45, 7) is 4.29. The molecule has 3 aromatic heterocycles. The fourth-order valence-corrected chi connectivity index (χ4v) is 4.98. The van der Waals surface area contributed by atoms with Crippen LogP contribution in [0.3, 0.4) is 0 Å². The Labute approximate surface area is 188 Å². The molecule has 6 nitrogen and oxygen atoms in total. The third kappa shape index (κ3) is 3.65. The Morgan fingerprint density at radius 3 is 2.62 bits per heavy atom. The van der Waals surface area contributed by atoms with E-state index in [2.05, 4.69) is 28.9 Å². The maximum absolute atomic E-state index is 12.6. The number of nitrogens with zero attached hydrogens (tertiary/aromatic N) is 4. The smallest absolute Gasteiger partial charge is 0.311 e. The SMILES string of the molecule is CCCCC(=O)Oc1cn(C2CCCC2)c2nc(CCCC)n3c4ccccc4nc3c12. The molecule has 3 heterocycles. The van der Waals surface area contributed by atoms with Gasteiger partial charge in [-0.15, -0.1) is 0 Å². The van der Waals surface area contributed by atoms with Gasteiger partial charge < -0.3 is 9.30 Å². The summed E-state index contributed by atoms with van der Waals surface area (Å²) in [7, 11) is 0. The molecule has 0 N–H and O–H groups in total. The molecule has 4 aromatic rings. The zero-order valence-electron chi connectivity index (χ0n) is 19.1. The molecule has 5 rings (SSSR count). The van der Waals surface area contributed by atoms with Crippen molar-refractivity contribution in [3.63, 3.8) is 0 Å². The van der Waals surface area contributed by atoms with Gasteiger partial charge in [0.15, 0.2) is 11.4 Å². The van der Waals surface area contributed by atoms with E-state index in [4.69, 9.17) is 14.7 Å². The van der Waals surface area contributed by atoms with Crippen LogP contribution in [0.2, 0.25) is 0 Å². The lowest BCUT2D eigenvalue weighted by Gasteiger charge is -2.13. The van der Waals surface area contributed by atoms with Crippen molar-refractivity contribution in [1.82, 2.24) is 18.9 Å². The summed E-state index contributed by atoms with van der Waals surface area (Å²) >= 11 is 0. The number of para-hydroxylation sites is 2. The van der Waals surface area contributed by atoms with E-state index in [1.54, 1.807) is 0 Å². The number of rotatable bonds is 8. The highest BCUT2D eigenvalue weighted by atomic mass is 16.5. The highest BCUT2D eigenvalue weighted by molar-refractivity contribution is 6.01. The molecule has 0 aliphatic heterocycles. The standard InChI is InChI=1S/C26H32N4O2/c1-3-5-15-22-28-25-24(26-27-19-13-9-10-14-20(19)30(22)26)21(32-23(31)16-6-4-2)17-29(25)18-11-7-8-12-18/h9-10,13-14,17-18H,3-8,11-12,15-16H2,1-2H3. The second-order valence-corrected chi connectivity index (χ2v) is 9.01. The molecule has 0 bridgehead atoms. The van der Waals surface area contributed by atoms with Crippen molar-refractivity contribution in [3.8, 4) is 5.75 Å². The van der Waals surface area contributed by atoms with Crippen molar-refractivity contribution >= 4 is 33.7 Å². The average molecular weight is 433 g/mol. The van der Waals surface area contributed by atoms with E-state index < -0.39 is 0 Å². The van der Waals surface area contributed by atoms with Gasteiger partial charge in [-0.1, -0.05) is 51.7 Å². The number of hydrogen-bond donors (Lipinski definition) is 0. The van der Waals surface area contributed by atoms with E-state index in [-0.39, 0.29) is 5.97 Å². The second kappa shape index (κ2) is 8.93. The van der Waals surface area contributed by atoms with Gasteiger partial charge in [0.25, 0.3) is 0 Å². The molecule has 6 heteroatoms. The Morgan fingerprint density at radius 2 is 1.84 bits per heavy atom. The summed E-state index contributed by atoms with van der Waals surface area (Å²) in [4.78, 5) is 22.8. The van der Waals surface area contributed by atoms with Gasteiger partial charge in [-0.2, -0.15) is 0 Å². The van der Waals surface area contributed by atoms with Crippen molar-refractivity contribution in [2.45, 2.75) is 84.1 Å². The first kappa shape index (κ1) is 21.0. The van der Waals surface area contributed by atoms with E-state index in [0.29, 0.717) is 18.2 Å². The van der Waals surface area contributed by atoms with Crippen LogP contribution in [0.4, 0.5) is 0 Å². The number of imidazole rings is 1. The quantitative estimate of drug-likeness (QED) is 0.303. The first-order chi connectivity index (χ1) is 15.7. The predicted molar refractivity (Wildman–Crippen MR) is 127 cm³/mol. The summed E-state index contributed by atoms with van der Waals surface area (Å²) in [6.07, 6.45) is 12.1. The lowest BCUT2D eigenvalue weighted by atomic mass is 10.2. The van der Waals surface area contributed by atoms with E-state index in [1.165, 1.54) is 12.8 Å². The maximum atomic E-state index is 12.6. The molecule has 0 spiro atoms. The van der Waals surface area contributed by atoms with Gasteiger partial charge in [0, 0.05) is 25.1 Å². The Kier molecular flexibility index (Phi) is 5.85. The summed E-state index contributed by atoms with van der Waals surface area (Å²) < 4.78 is 10.4. The second-order valence-electron chi connectivity index (χ2n) is 9.01. The number of benzene rings is 1. The monoisotopic (exact) mass is 432 g/mol. The minimum atomic E-state index is -0.179. The van der Waals surface area contributed by atoms with Crippen LogP contribution >= 0.6 is 0 Å². The van der Waals surface area contributed by atoms with Crippen molar-refractivity contribution in [2.75, 3.05) is 0 Å². The van der Waals surface area contributed by atoms with Crippen LogP contribution < -0.4 is 4.74 Å². The van der Waals surface area contributed by atoms with Gasteiger partial charge in [0.2, 0.25) is 0 Å². The van der Waals surface area contributed by atoms with Crippen molar-refractivity contribution in [2.24, 2.45) is 0 Å². The Morgan fingerprint density at radius 1 is 1.06 bits per heavy atom. The van der Waals surface area contributed by atoms with Crippen LogP contribution in [-0.4, -0.2) is 24.9 Å². The summed E-state index contributed by atoms with van der Waals surface area (Å²) in [6, 6.07) is 8.59. The van der Waals surface area contributed by atoms with Crippen LogP contribution in [0.25, 0.3) is 27.7 Å². The summed E-state index contributed by atoms with van der Waals surface area (Å²) in [5.74, 6) is 1.45. The topological polar surface area (TPSA) is 61.4 Å². The largest absolute Gasteiger partial charge is 0.424 e. The van der Waals surface area contributed by atoms with E-state index >= 15 is 0 Å². The number of carbonyl (C=O) groups is 1. The first-order valence-electron chi connectivity index (χ1n) is 12.2. The molecule has 1 aromatic carbocycles. The zero-order chi connectivity index (χ0) is 22.1. The average Bonchev–Trinajstić information content (AvgIpc) is 3.53. The van der Waals surface area contributed by atoms with Crippen molar-refractivity contribution in [1.29, 1.82) is 0 Å². The Balaban J connectivity index is 1.76. The zero-order valence-corrected chi connectivity index (χ0v) is 19.1. The van der Waals surface area contributed by atoms with Gasteiger partial charge in [-0.3, -0.25) is 9.20 Å². The van der Waals surface area contributed by atoms with Crippen molar-refractivity contribution < 1.29 is 9.53 Å². The third-order valence-corrected chi connectivity index (χ3v) is 6.68.